The van der Waals surface area contributed by atoms with Gasteiger partial charge in [-0.15, -0.1) is 0 Å². The second-order valence-electron chi connectivity index (χ2n) is 5.88. The quantitative estimate of drug-likeness (QED) is 0.758. The summed E-state index contributed by atoms with van der Waals surface area (Å²) in [5, 5.41) is 0. The summed E-state index contributed by atoms with van der Waals surface area (Å²) in [7, 11) is 1.80. The molecule has 0 saturated heterocycles. The minimum atomic E-state index is -0.285. The number of fused-ring (bicyclic) bond motifs is 1. The van der Waals surface area contributed by atoms with Crippen LogP contribution in [-0.4, -0.2) is 30.4 Å². The van der Waals surface area contributed by atoms with E-state index in [1.54, 1.807) is 11.9 Å². The van der Waals surface area contributed by atoms with E-state index in [9.17, 15) is 9.59 Å². The molecule has 0 aromatic heterocycles. The molecule has 0 N–H and O–H groups in total. The summed E-state index contributed by atoms with van der Waals surface area (Å²) in [6.07, 6.45) is 5.25. The highest BCUT2D eigenvalue weighted by Gasteiger charge is 2.26. The van der Waals surface area contributed by atoms with Crippen molar-refractivity contribution in [3.8, 4) is 0 Å². The zero-order valence-corrected chi connectivity index (χ0v) is 13.5. The maximum absolute atomic E-state index is 12.3. The van der Waals surface area contributed by atoms with E-state index >= 15 is 0 Å². The van der Waals surface area contributed by atoms with Gasteiger partial charge in [0.25, 0.3) is 5.91 Å². The lowest BCUT2D eigenvalue weighted by Gasteiger charge is -2.33. The fourth-order valence-corrected chi connectivity index (χ4v) is 2.94. The summed E-state index contributed by atoms with van der Waals surface area (Å²) in [4.78, 5) is 25.5. The van der Waals surface area contributed by atoms with Crippen LogP contribution in [0.15, 0.2) is 24.3 Å². The Morgan fingerprint density at radius 2 is 2.09 bits per heavy atom. The number of rotatable bonds is 6. The first kappa shape index (κ1) is 16.5. The van der Waals surface area contributed by atoms with Crippen molar-refractivity contribution in [3.05, 3.63) is 35.4 Å². The van der Waals surface area contributed by atoms with Gasteiger partial charge < -0.3 is 9.64 Å². The van der Waals surface area contributed by atoms with E-state index in [4.69, 9.17) is 4.74 Å². The zero-order chi connectivity index (χ0) is 15.9. The molecule has 0 heterocycles. The summed E-state index contributed by atoms with van der Waals surface area (Å²) in [6.45, 7) is 1.87. The number of hydrogen-bond donors (Lipinski definition) is 0. The Morgan fingerprint density at radius 3 is 2.86 bits per heavy atom. The minimum Gasteiger partial charge on any atom is -0.456 e. The molecule has 0 radical (unpaired) electrons. The monoisotopic (exact) mass is 303 g/mol. The Labute approximate surface area is 132 Å². The average molecular weight is 303 g/mol. The summed E-state index contributed by atoms with van der Waals surface area (Å²) in [5.41, 5.74) is 2.54. The van der Waals surface area contributed by atoms with Gasteiger partial charge in [-0.2, -0.15) is 0 Å². The van der Waals surface area contributed by atoms with Crippen LogP contribution in [0.3, 0.4) is 0 Å². The number of carbonyl (C=O) groups is 2. The van der Waals surface area contributed by atoms with Crippen LogP contribution in [0.4, 0.5) is 0 Å². The highest BCUT2D eigenvalue weighted by Crippen LogP contribution is 2.33. The van der Waals surface area contributed by atoms with Gasteiger partial charge in [0.1, 0.15) is 0 Å². The number of ether oxygens (including phenoxy) is 1. The lowest BCUT2D eigenvalue weighted by atomic mass is 9.87. The molecular weight excluding hydrogens is 278 g/mol. The zero-order valence-electron chi connectivity index (χ0n) is 13.5. The van der Waals surface area contributed by atoms with Gasteiger partial charge >= 0.3 is 5.97 Å². The molecule has 0 saturated carbocycles. The maximum Gasteiger partial charge on any atom is 0.306 e. The molecule has 1 aromatic rings. The number of aryl methyl sites for hydroxylation is 1. The van der Waals surface area contributed by atoms with E-state index in [-0.39, 0.29) is 24.5 Å². The SMILES string of the molecule is CCCCC(=O)OCC(=O)N(C)C1CCCc2ccccc21. The standard InChI is InChI=1S/C18H25NO3/c1-3-4-12-18(21)22-13-17(20)19(2)16-11-7-9-14-8-5-6-10-15(14)16/h5-6,8,10,16H,3-4,7,9,11-13H2,1-2H3. The topological polar surface area (TPSA) is 46.6 Å². The van der Waals surface area contributed by atoms with E-state index in [0.717, 1.165) is 32.1 Å². The number of benzene rings is 1. The third-order valence-electron chi connectivity index (χ3n) is 4.29. The first-order valence-corrected chi connectivity index (χ1v) is 8.12. The predicted octanol–water partition coefficient (Wildman–Crippen LogP) is 3.26. The van der Waals surface area contributed by atoms with Gasteiger partial charge in [0.2, 0.25) is 0 Å². The smallest absolute Gasteiger partial charge is 0.306 e. The Hall–Kier alpha value is -1.84. The van der Waals surface area contributed by atoms with Crippen LogP contribution >= 0.6 is 0 Å². The van der Waals surface area contributed by atoms with Gasteiger partial charge in [0.15, 0.2) is 6.61 Å². The van der Waals surface area contributed by atoms with Gasteiger partial charge in [-0.25, -0.2) is 0 Å². The molecule has 1 atom stereocenters. The molecule has 2 rings (SSSR count). The van der Waals surface area contributed by atoms with Crippen molar-refractivity contribution in [2.45, 2.75) is 51.5 Å². The van der Waals surface area contributed by atoms with Crippen LogP contribution in [0, 0.1) is 0 Å². The molecule has 1 unspecified atom stereocenters. The van der Waals surface area contributed by atoms with Crippen molar-refractivity contribution in [1.29, 1.82) is 0 Å². The normalized spacial score (nSPS) is 16.7. The fourth-order valence-electron chi connectivity index (χ4n) is 2.94. The number of amides is 1. The molecule has 120 valence electrons. The minimum absolute atomic E-state index is 0.0896. The number of nitrogens with zero attached hydrogens (tertiary/aromatic N) is 1. The Morgan fingerprint density at radius 1 is 1.32 bits per heavy atom. The van der Waals surface area contributed by atoms with Crippen LogP contribution in [0.5, 0.6) is 0 Å². The molecule has 1 aliphatic rings. The number of likely N-dealkylation sites (N-methyl/N-ethyl adjacent to an activating group) is 1. The molecule has 0 aliphatic heterocycles. The van der Waals surface area contributed by atoms with Crippen LogP contribution in [0.25, 0.3) is 0 Å². The van der Waals surface area contributed by atoms with Crippen LogP contribution in [0.1, 0.15) is 56.2 Å². The molecule has 1 aromatic carbocycles. The molecule has 4 nitrogen and oxygen atoms in total. The Balaban J connectivity index is 1.93. The third-order valence-corrected chi connectivity index (χ3v) is 4.29. The lowest BCUT2D eigenvalue weighted by Crippen LogP contribution is -2.36. The van der Waals surface area contributed by atoms with Crippen LogP contribution in [0.2, 0.25) is 0 Å². The van der Waals surface area contributed by atoms with Gasteiger partial charge in [0.05, 0.1) is 6.04 Å². The highest BCUT2D eigenvalue weighted by atomic mass is 16.5. The van der Waals surface area contributed by atoms with E-state index in [0.29, 0.717) is 6.42 Å². The second kappa shape index (κ2) is 7.97. The van der Waals surface area contributed by atoms with Crippen LogP contribution < -0.4 is 0 Å². The molecule has 1 amide bonds. The Kier molecular flexibility index (Phi) is 5.99. The van der Waals surface area contributed by atoms with E-state index in [1.165, 1.54) is 11.1 Å². The maximum atomic E-state index is 12.3. The first-order valence-electron chi connectivity index (χ1n) is 8.12. The molecular formula is C18H25NO3. The predicted molar refractivity (Wildman–Crippen MR) is 85.4 cm³/mol. The van der Waals surface area contributed by atoms with E-state index in [2.05, 4.69) is 12.1 Å². The molecule has 0 spiro atoms. The third kappa shape index (κ3) is 4.09. The number of carbonyl (C=O) groups excluding carboxylic acids is 2. The van der Waals surface area contributed by atoms with Gasteiger partial charge in [0, 0.05) is 13.5 Å². The van der Waals surface area contributed by atoms with Crippen molar-refractivity contribution < 1.29 is 14.3 Å². The van der Waals surface area contributed by atoms with Crippen molar-refractivity contribution in [2.75, 3.05) is 13.7 Å². The average Bonchev–Trinajstić information content (AvgIpc) is 2.56. The van der Waals surface area contributed by atoms with E-state index in [1.807, 2.05) is 19.1 Å². The molecule has 1 aliphatic carbocycles. The summed E-state index contributed by atoms with van der Waals surface area (Å²) < 4.78 is 5.08. The van der Waals surface area contributed by atoms with E-state index < -0.39 is 0 Å². The van der Waals surface area contributed by atoms with Gasteiger partial charge in [-0.1, -0.05) is 37.6 Å². The second-order valence-corrected chi connectivity index (χ2v) is 5.88. The van der Waals surface area contributed by atoms with Crippen LogP contribution in [-0.2, 0) is 20.7 Å². The van der Waals surface area contributed by atoms with Crippen molar-refractivity contribution >= 4 is 11.9 Å². The van der Waals surface area contributed by atoms with Gasteiger partial charge in [-0.05, 0) is 36.8 Å². The molecule has 0 bridgehead atoms. The largest absolute Gasteiger partial charge is 0.456 e. The van der Waals surface area contributed by atoms with Gasteiger partial charge in [-0.3, -0.25) is 9.59 Å². The fraction of sp³-hybridized carbons (Fsp3) is 0.556. The number of unbranched alkanes of at least 4 members (excludes halogenated alkanes) is 1. The number of esters is 1. The van der Waals surface area contributed by atoms with Crippen molar-refractivity contribution in [2.24, 2.45) is 0 Å². The summed E-state index contributed by atoms with van der Waals surface area (Å²) in [5.74, 6) is -0.417. The molecule has 0 fully saturated rings. The van der Waals surface area contributed by atoms with Crippen molar-refractivity contribution in [1.82, 2.24) is 4.90 Å². The summed E-state index contributed by atoms with van der Waals surface area (Å²) in [6, 6.07) is 8.37. The molecule has 4 heteroatoms. The summed E-state index contributed by atoms with van der Waals surface area (Å²) >= 11 is 0. The lowest BCUT2D eigenvalue weighted by molar-refractivity contribution is -0.152. The molecule has 22 heavy (non-hydrogen) atoms. The Bertz CT molecular complexity index is 527. The first-order chi connectivity index (χ1) is 10.6. The highest BCUT2D eigenvalue weighted by molar-refractivity contribution is 5.80. The van der Waals surface area contributed by atoms with Crippen molar-refractivity contribution in [3.63, 3.8) is 0 Å². The number of hydrogen-bond acceptors (Lipinski definition) is 3.